The molecule has 0 spiro atoms. The minimum atomic E-state index is -4.02. The second-order valence-electron chi connectivity index (χ2n) is 8.00. The number of hydrogen-bond donors (Lipinski definition) is 3. The Hall–Kier alpha value is -3.35. The highest BCUT2D eigenvalue weighted by Crippen LogP contribution is 2.36. The molecule has 4 N–H and O–H groups in total. The van der Waals surface area contributed by atoms with Crippen LogP contribution in [0, 0.1) is 6.92 Å². The number of carbonyl (C=O) groups excluding carboxylic acids is 1. The molecule has 1 saturated heterocycles. The van der Waals surface area contributed by atoms with Gasteiger partial charge in [0.15, 0.2) is 5.13 Å². The Labute approximate surface area is 207 Å². The number of nitrogens with one attached hydrogen (secondary N) is 1. The summed E-state index contributed by atoms with van der Waals surface area (Å²) < 4.78 is 39.6. The molecule has 0 aliphatic carbocycles. The van der Waals surface area contributed by atoms with Gasteiger partial charge in [0, 0.05) is 12.2 Å². The van der Waals surface area contributed by atoms with E-state index in [2.05, 4.69) is 9.71 Å². The van der Waals surface area contributed by atoms with Gasteiger partial charge in [0.05, 0.1) is 30.3 Å². The van der Waals surface area contributed by atoms with E-state index >= 15 is 0 Å². The maximum absolute atomic E-state index is 13.2. The second kappa shape index (κ2) is 10.1. The number of methoxy groups -OCH3 is 1. The molecule has 0 unspecified atom stereocenters. The van der Waals surface area contributed by atoms with E-state index in [1.807, 2.05) is 0 Å². The number of rotatable bonds is 7. The molecule has 0 radical (unpaired) electrons. The number of aryl methyl sites for hydroxylation is 1. The summed E-state index contributed by atoms with van der Waals surface area (Å²) in [5.74, 6) is 0.449. The molecule has 2 aromatic carbocycles. The fourth-order valence-electron chi connectivity index (χ4n) is 3.94. The van der Waals surface area contributed by atoms with Crippen molar-refractivity contribution in [2.24, 2.45) is 0 Å². The number of aromatic nitrogens is 1. The molecule has 12 heteroatoms. The number of ether oxygens (including phenoxy) is 2. The summed E-state index contributed by atoms with van der Waals surface area (Å²) in [7, 11) is -2.62. The van der Waals surface area contributed by atoms with Gasteiger partial charge in [-0.25, -0.2) is 18.2 Å². The van der Waals surface area contributed by atoms with Gasteiger partial charge in [-0.05, 0) is 67.8 Å². The molecule has 0 saturated carbocycles. The van der Waals surface area contributed by atoms with E-state index in [0.717, 1.165) is 17.7 Å². The van der Waals surface area contributed by atoms with Crippen LogP contribution in [0.25, 0.3) is 10.4 Å². The van der Waals surface area contributed by atoms with Gasteiger partial charge in [0.2, 0.25) is 0 Å². The fraction of sp³-hybridized carbons (Fsp3) is 0.304. The molecule has 1 aromatic heterocycles. The van der Waals surface area contributed by atoms with Crippen LogP contribution in [0.4, 0.5) is 15.6 Å². The van der Waals surface area contributed by atoms with Crippen LogP contribution >= 0.6 is 11.3 Å². The molecule has 1 atom stereocenters. The van der Waals surface area contributed by atoms with E-state index in [1.54, 1.807) is 19.1 Å². The summed E-state index contributed by atoms with van der Waals surface area (Å²) in [5, 5.41) is 9.79. The van der Waals surface area contributed by atoms with Crippen molar-refractivity contribution in [3.63, 3.8) is 0 Å². The molecule has 10 nitrogen and oxygen atoms in total. The SMILES string of the molecule is COc1ccc(-c2sc(N)nc2C)cc1S(=O)(=O)Nc1ccc(OC(=O)N2CCC[C@H]2CO)cc1. The van der Waals surface area contributed by atoms with Gasteiger partial charge in [-0.15, -0.1) is 0 Å². The van der Waals surface area contributed by atoms with E-state index in [1.165, 1.54) is 53.7 Å². The number of thiazole rings is 1. The predicted molar refractivity (Wildman–Crippen MR) is 133 cm³/mol. The second-order valence-corrected chi connectivity index (χ2v) is 10.7. The number of aliphatic hydroxyl groups is 1. The van der Waals surface area contributed by atoms with E-state index in [9.17, 15) is 18.3 Å². The lowest BCUT2D eigenvalue weighted by Gasteiger charge is -2.22. The average molecular weight is 519 g/mol. The highest BCUT2D eigenvalue weighted by molar-refractivity contribution is 7.92. The number of aliphatic hydroxyl groups excluding tert-OH is 1. The van der Waals surface area contributed by atoms with Crippen LogP contribution in [-0.2, 0) is 10.0 Å². The Morgan fingerprint density at radius 2 is 2.03 bits per heavy atom. The normalized spacial score (nSPS) is 15.7. The first-order valence-corrected chi connectivity index (χ1v) is 13.2. The fourth-order valence-corrected chi connectivity index (χ4v) is 6.02. The zero-order valence-corrected chi connectivity index (χ0v) is 20.9. The quantitative estimate of drug-likeness (QED) is 0.431. The number of nitrogens with zero attached hydrogens (tertiary/aromatic N) is 2. The predicted octanol–water partition coefficient (Wildman–Crippen LogP) is 3.47. The first kappa shape index (κ1) is 24.8. The van der Waals surface area contributed by atoms with E-state index in [4.69, 9.17) is 15.2 Å². The first-order valence-electron chi connectivity index (χ1n) is 10.9. The average Bonchev–Trinajstić information content (AvgIpc) is 3.45. The van der Waals surface area contributed by atoms with Gasteiger partial charge < -0.3 is 25.2 Å². The van der Waals surface area contributed by atoms with Crippen LogP contribution in [0.3, 0.4) is 0 Å². The molecule has 4 rings (SSSR count). The molecular weight excluding hydrogens is 492 g/mol. The highest BCUT2D eigenvalue weighted by atomic mass is 32.2. The Morgan fingerprint density at radius 1 is 1.29 bits per heavy atom. The number of carbonyl (C=O) groups is 1. The summed E-state index contributed by atoms with van der Waals surface area (Å²) in [4.78, 5) is 18.8. The van der Waals surface area contributed by atoms with Gasteiger partial charge in [-0.3, -0.25) is 4.72 Å². The Kier molecular flexibility index (Phi) is 7.15. The van der Waals surface area contributed by atoms with Gasteiger partial charge >= 0.3 is 6.09 Å². The maximum atomic E-state index is 13.2. The van der Waals surface area contributed by atoms with Crippen LogP contribution in [0.5, 0.6) is 11.5 Å². The number of hydrogen-bond acceptors (Lipinski definition) is 9. The van der Waals surface area contributed by atoms with Crippen LogP contribution in [0.1, 0.15) is 18.5 Å². The Balaban J connectivity index is 1.52. The van der Waals surface area contributed by atoms with Crippen LogP contribution in [0.15, 0.2) is 47.4 Å². The minimum absolute atomic E-state index is 0.0385. The smallest absolute Gasteiger partial charge is 0.415 e. The minimum Gasteiger partial charge on any atom is -0.495 e. The van der Waals surface area contributed by atoms with Gasteiger partial charge in [0.25, 0.3) is 10.0 Å². The van der Waals surface area contributed by atoms with E-state index in [0.29, 0.717) is 22.9 Å². The summed E-state index contributed by atoms with van der Waals surface area (Å²) in [6.07, 6.45) is 0.990. The summed E-state index contributed by atoms with van der Waals surface area (Å²) in [6, 6.07) is 10.6. The van der Waals surface area contributed by atoms with Crippen LogP contribution < -0.4 is 19.9 Å². The number of nitrogen functional groups attached to an aromatic ring is 1. The lowest BCUT2D eigenvalue weighted by molar-refractivity contribution is 0.124. The maximum Gasteiger partial charge on any atom is 0.415 e. The third-order valence-corrected chi connectivity index (χ3v) is 8.10. The summed E-state index contributed by atoms with van der Waals surface area (Å²) >= 11 is 1.27. The molecule has 1 fully saturated rings. The molecule has 0 bridgehead atoms. The third kappa shape index (κ3) is 5.34. The number of nitrogens with two attached hydrogens (primary N) is 1. The van der Waals surface area contributed by atoms with Crippen molar-refractivity contribution < 1.29 is 27.8 Å². The van der Waals surface area contributed by atoms with Crippen molar-refractivity contribution in [3.05, 3.63) is 48.2 Å². The monoisotopic (exact) mass is 518 g/mol. The Morgan fingerprint density at radius 3 is 2.66 bits per heavy atom. The van der Waals surface area contributed by atoms with E-state index < -0.39 is 16.1 Å². The lowest BCUT2D eigenvalue weighted by Crippen LogP contribution is -2.39. The van der Waals surface area contributed by atoms with Crippen molar-refractivity contribution in [1.82, 2.24) is 9.88 Å². The first-order chi connectivity index (χ1) is 16.7. The van der Waals surface area contributed by atoms with Gasteiger partial charge in [0.1, 0.15) is 16.4 Å². The zero-order valence-electron chi connectivity index (χ0n) is 19.2. The molecular formula is C23H26N4O6S2. The van der Waals surface area contributed by atoms with Crippen LogP contribution in [-0.4, -0.2) is 55.8 Å². The van der Waals surface area contributed by atoms with Crippen molar-refractivity contribution in [3.8, 4) is 21.9 Å². The van der Waals surface area contributed by atoms with E-state index in [-0.39, 0.29) is 34.7 Å². The molecule has 35 heavy (non-hydrogen) atoms. The highest BCUT2D eigenvalue weighted by Gasteiger charge is 2.29. The number of benzene rings is 2. The number of likely N-dealkylation sites (tertiary alicyclic amines) is 1. The molecule has 1 aliphatic heterocycles. The number of sulfonamides is 1. The molecule has 3 aromatic rings. The van der Waals surface area contributed by atoms with Gasteiger partial charge in [-0.2, -0.15) is 0 Å². The largest absolute Gasteiger partial charge is 0.495 e. The van der Waals surface area contributed by atoms with Crippen molar-refractivity contribution in [1.29, 1.82) is 0 Å². The summed E-state index contributed by atoms with van der Waals surface area (Å²) in [5.41, 5.74) is 7.44. The van der Waals surface area contributed by atoms with Crippen molar-refractivity contribution in [2.45, 2.75) is 30.7 Å². The Bertz CT molecular complexity index is 1320. The molecule has 1 aliphatic rings. The third-order valence-electron chi connectivity index (χ3n) is 5.66. The topological polar surface area (TPSA) is 144 Å². The van der Waals surface area contributed by atoms with Gasteiger partial charge in [-0.1, -0.05) is 11.3 Å². The number of amides is 1. The number of anilines is 2. The van der Waals surface area contributed by atoms with Crippen LogP contribution in [0.2, 0.25) is 0 Å². The van der Waals surface area contributed by atoms with Crippen molar-refractivity contribution >= 4 is 38.3 Å². The zero-order chi connectivity index (χ0) is 25.2. The summed E-state index contributed by atoms with van der Waals surface area (Å²) in [6.45, 7) is 2.22. The molecule has 1 amide bonds. The molecule has 186 valence electrons. The lowest BCUT2D eigenvalue weighted by atomic mass is 10.1. The molecule has 2 heterocycles. The van der Waals surface area contributed by atoms with Crippen molar-refractivity contribution in [2.75, 3.05) is 30.7 Å². The standard InChI is InChI=1S/C23H26N4O6S2/c1-14-21(34-22(24)25-14)15-5-10-19(32-2)20(12-15)35(30,31)26-16-6-8-18(9-7-16)33-23(29)27-11-3-4-17(27)13-28/h5-10,12,17,26,28H,3-4,11,13H2,1-2H3,(H2,24,25)/t17-/m0/s1.